The number of esters is 1. The number of amides is 1. The molecule has 0 aromatic heterocycles. The Hall–Kier alpha value is -1.10. The number of hydrogen-bond donors (Lipinski definition) is 0. The van der Waals surface area contributed by atoms with Gasteiger partial charge in [-0.05, 0) is 25.7 Å². The number of fused-ring (bicyclic) bond motifs is 1. The summed E-state index contributed by atoms with van der Waals surface area (Å²) in [5.41, 5.74) is 0. The standard InChI is InChI=1S/C15H25NO4/c1-9(2)7-14(17)16-10(3)5-6-12-11(16)8-13(20-12)15(18)19-4/h9-13H,5-8H2,1-4H3/t10-,11-,12-,13+/m1/s1. The lowest BCUT2D eigenvalue weighted by Crippen LogP contribution is -2.53. The van der Waals surface area contributed by atoms with E-state index in [1.165, 1.54) is 7.11 Å². The summed E-state index contributed by atoms with van der Waals surface area (Å²) in [4.78, 5) is 26.1. The second-order valence-corrected chi connectivity index (χ2v) is 6.31. The largest absolute Gasteiger partial charge is 0.467 e. The summed E-state index contributed by atoms with van der Waals surface area (Å²) in [6.07, 6.45) is 2.41. The second-order valence-electron chi connectivity index (χ2n) is 6.31. The molecule has 0 spiro atoms. The zero-order valence-corrected chi connectivity index (χ0v) is 12.8. The highest BCUT2D eigenvalue weighted by atomic mass is 16.6. The minimum atomic E-state index is -0.519. The van der Waals surface area contributed by atoms with E-state index in [4.69, 9.17) is 9.47 Å². The van der Waals surface area contributed by atoms with Gasteiger partial charge in [-0.3, -0.25) is 4.79 Å². The van der Waals surface area contributed by atoms with Crippen LogP contribution < -0.4 is 0 Å². The predicted octanol–water partition coefficient (Wildman–Crippen LogP) is 1.74. The lowest BCUT2D eigenvalue weighted by molar-refractivity contribution is -0.154. The van der Waals surface area contributed by atoms with Gasteiger partial charge in [-0.25, -0.2) is 4.79 Å². The molecular weight excluding hydrogens is 258 g/mol. The number of methoxy groups -OCH3 is 1. The van der Waals surface area contributed by atoms with E-state index in [1.54, 1.807) is 0 Å². The van der Waals surface area contributed by atoms with Crippen LogP contribution in [0.25, 0.3) is 0 Å². The first-order valence-corrected chi connectivity index (χ1v) is 7.48. The minimum absolute atomic E-state index is 0.0218. The van der Waals surface area contributed by atoms with Gasteiger partial charge in [0.15, 0.2) is 6.10 Å². The third kappa shape index (κ3) is 2.97. The SMILES string of the molecule is COC(=O)[C@@H]1C[C@@H]2[C@@H](CC[C@@H](C)N2C(=O)CC(C)C)O1. The van der Waals surface area contributed by atoms with Gasteiger partial charge in [0.25, 0.3) is 0 Å². The van der Waals surface area contributed by atoms with Gasteiger partial charge in [0, 0.05) is 18.9 Å². The summed E-state index contributed by atoms with van der Waals surface area (Å²) >= 11 is 0. The van der Waals surface area contributed by atoms with Crippen molar-refractivity contribution < 1.29 is 19.1 Å². The van der Waals surface area contributed by atoms with Crippen LogP contribution in [0, 0.1) is 5.92 Å². The van der Waals surface area contributed by atoms with E-state index in [0.717, 1.165) is 12.8 Å². The lowest BCUT2D eigenvalue weighted by Gasteiger charge is -2.41. The first-order valence-electron chi connectivity index (χ1n) is 7.48. The highest BCUT2D eigenvalue weighted by Gasteiger charge is 2.47. The van der Waals surface area contributed by atoms with E-state index in [-0.39, 0.29) is 30.1 Å². The van der Waals surface area contributed by atoms with Crippen LogP contribution in [0.2, 0.25) is 0 Å². The number of rotatable bonds is 3. The maximum absolute atomic E-state index is 12.5. The number of piperidine rings is 1. The summed E-state index contributed by atoms with van der Waals surface area (Å²) in [6.45, 7) is 6.18. The average Bonchev–Trinajstić information content (AvgIpc) is 2.80. The Morgan fingerprint density at radius 1 is 1.35 bits per heavy atom. The molecule has 0 radical (unpaired) electrons. The van der Waals surface area contributed by atoms with Crippen LogP contribution in [-0.2, 0) is 19.1 Å². The smallest absolute Gasteiger partial charge is 0.335 e. The molecule has 2 aliphatic rings. The molecule has 5 heteroatoms. The van der Waals surface area contributed by atoms with Crippen molar-refractivity contribution in [3.8, 4) is 0 Å². The summed E-state index contributed by atoms with van der Waals surface area (Å²) < 4.78 is 10.5. The fourth-order valence-electron chi connectivity index (χ4n) is 3.32. The van der Waals surface area contributed by atoms with E-state index in [9.17, 15) is 9.59 Å². The van der Waals surface area contributed by atoms with Crippen molar-refractivity contribution in [2.75, 3.05) is 7.11 Å². The van der Waals surface area contributed by atoms with Gasteiger partial charge in [0.1, 0.15) is 0 Å². The molecule has 114 valence electrons. The van der Waals surface area contributed by atoms with Crippen molar-refractivity contribution in [3.63, 3.8) is 0 Å². The minimum Gasteiger partial charge on any atom is -0.467 e. The van der Waals surface area contributed by atoms with Gasteiger partial charge in [-0.2, -0.15) is 0 Å². The number of carbonyl (C=O) groups is 2. The molecular formula is C15H25NO4. The number of nitrogens with zero attached hydrogens (tertiary/aromatic N) is 1. The molecule has 2 heterocycles. The molecule has 1 amide bonds. The zero-order valence-electron chi connectivity index (χ0n) is 12.8. The van der Waals surface area contributed by atoms with E-state index < -0.39 is 6.10 Å². The molecule has 0 bridgehead atoms. The van der Waals surface area contributed by atoms with Gasteiger partial charge in [0.05, 0.1) is 19.3 Å². The molecule has 2 saturated heterocycles. The van der Waals surface area contributed by atoms with E-state index in [2.05, 4.69) is 6.92 Å². The highest BCUT2D eigenvalue weighted by molar-refractivity contribution is 5.78. The van der Waals surface area contributed by atoms with E-state index in [1.807, 2.05) is 18.7 Å². The summed E-state index contributed by atoms with van der Waals surface area (Å²) in [5.74, 6) is 0.188. The van der Waals surface area contributed by atoms with Crippen molar-refractivity contribution in [2.45, 2.75) is 70.7 Å². The molecule has 0 aromatic carbocycles. The molecule has 0 saturated carbocycles. The molecule has 0 aromatic rings. The molecule has 20 heavy (non-hydrogen) atoms. The molecule has 5 nitrogen and oxygen atoms in total. The van der Waals surface area contributed by atoms with Gasteiger partial charge in [-0.15, -0.1) is 0 Å². The quantitative estimate of drug-likeness (QED) is 0.740. The fourth-order valence-corrected chi connectivity index (χ4v) is 3.32. The molecule has 0 unspecified atom stereocenters. The highest BCUT2D eigenvalue weighted by Crippen LogP contribution is 2.35. The molecule has 4 atom stereocenters. The normalized spacial score (nSPS) is 33.1. The fraction of sp³-hybridized carbons (Fsp3) is 0.867. The van der Waals surface area contributed by atoms with Crippen LogP contribution in [0.3, 0.4) is 0 Å². The number of carbonyl (C=O) groups excluding carboxylic acids is 2. The molecule has 2 fully saturated rings. The van der Waals surface area contributed by atoms with Gasteiger partial charge >= 0.3 is 5.97 Å². The summed E-state index contributed by atoms with van der Waals surface area (Å²) in [6, 6.07) is 0.247. The number of hydrogen-bond acceptors (Lipinski definition) is 4. The maximum Gasteiger partial charge on any atom is 0.335 e. The van der Waals surface area contributed by atoms with Crippen LogP contribution >= 0.6 is 0 Å². The second kappa shape index (κ2) is 6.12. The molecule has 2 rings (SSSR count). The Morgan fingerprint density at radius 3 is 2.65 bits per heavy atom. The van der Waals surface area contributed by atoms with Crippen LogP contribution in [0.4, 0.5) is 0 Å². The van der Waals surface area contributed by atoms with Crippen LogP contribution in [0.1, 0.15) is 46.5 Å². The monoisotopic (exact) mass is 283 g/mol. The van der Waals surface area contributed by atoms with Gasteiger partial charge < -0.3 is 14.4 Å². The predicted molar refractivity (Wildman–Crippen MR) is 74.1 cm³/mol. The first kappa shape index (κ1) is 15.3. The lowest BCUT2D eigenvalue weighted by atomic mass is 9.91. The summed E-state index contributed by atoms with van der Waals surface area (Å²) in [7, 11) is 1.37. The third-order valence-electron chi connectivity index (χ3n) is 4.26. The third-order valence-corrected chi connectivity index (χ3v) is 4.26. The summed E-state index contributed by atoms with van der Waals surface area (Å²) in [5, 5.41) is 0. The Kier molecular flexibility index (Phi) is 4.68. The van der Waals surface area contributed by atoms with Crippen LogP contribution in [0.15, 0.2) is 0 Å². The first-order chi connectivity index (χ1) is 9.43. The molecule has 0 aliphatic carbocycles. The van der Waals surface area contributed by atoms with Crippen molar-refractivity contribution in [1.82, 2.24) is 4.90 Å². The Bertz CT molecular complexity index is 382. The maximum atomic E-state index is 12.5. The zero-order chi connectivity index (χ0) is 14.9. The van der Waals surface area contributed by atoms with Crippen molar-refractivity contribution in [2.24, 2.45) is 5.92 Å². The Balaban J connectivity index is 2.10. The van der Waals surface area contributed by atoms with Crippen LogP contribution in [0.5, 0.6) is 0 Å². The van der Waals surface area contributed by atoms with Crippen molar-refractivity contribution in [3.05, 3.63) is 0 Å². The van der Waals surface area contributed by atoms with E-state index >= 15 is 0 Å². The average molecular weight is 283 g/mol. The van der Waals surface area contributed by atoms with E-state index in [0.29, 0.717) is 18.8 Å². The number of likely N-dealkylation sites (tertiary alicyclic amines) is 1. The van der Waals surface area contributed by atoms with Crippen LogP contribution in [-0.4, -0.2) is 48.2 Å². The molecule has 2 aliphatic heterocycles. The molecule has 0 N–H and O–H groups in total. The topological polar surface area (TPSA) is 55.8 Å². The van der Waals surface area contributed by atoms with Gasteiger partial charge in [0.2, 0.25) is 5.91 Å². The van der Waals surface area contributed by atoms with Crippen molar-refractivity contribution >= 4 is 11.9 Å². The number of ether oxygens (including phenoxy) is 2. The van der Waals surface area contributed by atoms with Gasteiger partial charge in [-0.1, -0.05) is 13.8 Å². The Morgan fingerprint density at radius 2 is 2.05 bits per heavy atom. The van der Waals surface area contributed by atoms with Crippen molar-refractivity contribution in [1.29, 1.82) is 0 Å². The Labute approximate surface area is 120 Å².